The van der Waals surface area contributed by atoms with Gasteiger partial charge in [-0.1, -0.05) is 42.5 Å². The second kappa shape index (κ2) is 14.3. The van der Waals surface area contributed by atoms with E-state index in [1.165, 1.54) is 11.1 Å². The SMILES string of the molecule is CN=C(NCCCOc1ccccc1)NCc1ccc(CN2CCC(O)CC2)cc1.I. The van der Waals surface area contributed by atoms with Crippen LogP contribution in [0.4, 0.5) is 0 Å². The first-order valence-corrected chi connectivity index (χ1v) is 10.8. The lowest BCUT2D eigenvalue weighted by Gasteiger charge is -2.29. The lowest BCUT2D eigenvalue weighted by Crippen LogP contribution is -2.37. The minimum atomic E-state index is -0.117. The first-order valence-electron chi connectivity index (χ1n) is 10.8. The predicted molar refractivity (Wildman–Crippen MR) is 137 cm³/mol. The zero-order chi connectivity index (χ0) is 21.0. The first kappa shape index (κ1) is 25.4. The molecule has 2 aromatic carbocycles. The number of benzene rings is 2. The third kappa shape index (κ3) is 9.45. The van der Waals surface area contributed by atoms with E-state index in [9.17, 15) is 5.11 Å². The molecule has 0 amide bonds. The minimum Gasteiger partial charge on any atom is -0.494 e. The molecule has 1 aliphatic heterocycles. The molecule has 0 saturated carbocycles. The largest absolute Gasteiger partial charge is 0.494 e. The molecule has 170 valence electrons. The van der Waals surface area contributed by atoms with Crippen LogP contribution in [0.25, 0.3) is 0 Å². The van der Waals surface area contributed by atoms with Crippen molar-refractivity contribution >= 4 is 29.9 Å². The van der Waals surface area contributed by atoms with Crippen LogP contribution in [0.5, 0.6) is 5.75 Å². The molecule has 0 atom stereocenters. The van der Waals surface area contributed by atoms with E-state index < -0.39 is 0 Å². The number of nitrogens with one attached hydrogen (secondary N) is 2. The van der Waals surface area contributed by atoms with Gasteiger partial charge in [0.15, 0.2) is 5.96 Å². The summed E-state index contributed by atoms with van der Waals surface area (Å²) in [4.78, 5) is 6.70. The molecule has 31 heavy (non-hydrogen) atoms. The zero-order valence-electron chi connectivity index (χ0n) is 18.3. The minimum absolute atomic E-state index is 0. The second-order valence-electron chi connectivity index (χ2n) is 7.69. The van der Waals surface area contributed by atoms with Crippen molar-refractivity contribution in [3.05, 3.63) is 65.7 Å². The normalized spacial score (nSPS) is 15.2. The highest BCUT2D eigenvalue weighted by molar-refractivity contribution is 14.0. The fraction of sp³-hybridized carbons (Fsp3) is 0.458. The molecule has 2 aromatic rings. The highest BCUT2D eigenvalue weighted by Gasteiger charge is 2.16. The lowest BCUT2D eigenvalue weighted by molar-refractivity contribution is 0.0792. The highest BCUT2D eigenvalue weighted by atomic mass is 127. The molecule has 0 spiro atoms. The zero-order valence-corrected chi connectivity index (χ0v) is 20.6. The van der Waals surface area contributed by atoms with Crippen molar-refractivity contribution < 1.29 is 9.84 Å². The molecule has 0 aromatic heterocycles. The fourth-order valence-corrected chi connectivity index (χ4v) is 3.49. The molecule has 7 heteroatoms. The van der Waals surface area contributed by atoms with E-state index in [1.807, 2.05) is 30.3 Å². The Morgan fingerprint density at radius 3 is 2.39 bits per heavy atom. The van der Waals surface area contributed by atoms with Gasteiger partial charge >= 0.3 is 0 Å². The van der Waals surface area contributed by atoms with Crippen LogP contribution in [-0.4, -0.2) is 55.4 Å². The van der Waals surface area contributed by atoms with Crippen LogP contribution in [0.3, 0.4) is 0 Å². The van der Waals surface area contributed by atoms with E-state index in [1.54, 1.807) is 7.05 Å². The van der Waals surface area contributed by atoms with Crippen LogP contribution in [0.1, 0.15) is 30.4 Å². The van der Waals surface area contributed by atoms with Gasteiger partial charge in [0.2, 0.25) is 0 Å². The van der Waals surface area contributed by atoms with Crippen molar-refractivity contribution in [1.82, 2.24) is 15.5 Å². The van der Waals surface area contributed by atoms with Crippen LogP contribution in [-0.2, 0) is 13.1 Å². The summed E-state index contributed by atoms with van der Waals surface area (Å²) in [7, 11) is 1.79. The number of aliphatic imine (C=N–C) groups is 1. The summed E-state index contributed by atoms with van der Waals surface area (Å²) in [5.41, 5.74) is 2.54. The van der Waals surface area contributed by atoms with Crippen molar-refractivity contribution in [2.45, 2.75) is 38.5 Å². The Bertz CT molecular complexity index is 763. The van der Waals surface area contributed by atoms with Crippen molar-refractivity contribution in [2.75, 3.05) is 33.3 Å². The Kier molecular flexibility index (Phi) is 11.7. The van der Waals surface area contributed by atoms with E-state index in [0.717, 1.165) is 63.7 Å². The predicted octanol–water partition coefficient (Wildman–Crippen LogP) is 3.40. The standard InChI is InChI=1S/C24H34N4O2.HI/c1-25-24(26-14-5-17-30-23-6-3-2-4-7-23)27-18-20-8-10-21(11-9-20)19-28-15-12-22(29)13-16-28;/h2-4,6-11,22,29H,5,12-19H2,1H3,(H2,25,26,27);1H. The summed E-state index contributed by atoms with van der Waals surface area (Å²) in [6.45, 7) is 5.11. The summed E-state index contributed by atoms with van der Waals surface area (Å²) in [6, 6.07) is 18.6. The van der Waals surface area contributed by atoms with Gasteiger partial charge in [-0.3, -0.25) is 9.89 Å². The number of nitrogens with zero attached hydrogens (tertiary/aromatic N) is 2. The molecular weight excluding hydrogens is 503 g/mol. The molecule has 3 N–H and O–H groups in total. The molecule has 0 bridgehead atoms. The number of rotatable bonds is 9. The summed E-state index contributed by atoms with van der Waals surface area (Å²) in [5.74, 6) is 1.70. The number of guanidine groups is 1. The number of aliphatic hydroxyl groups is 1. The van der Waals surface area contributed by atoms with Crippen molar-refractivity contribution in [3.63, 3.8) is 0 Å². The molecule has 1 saturated heterocycles. The van der Waals surface area contributed by atoms with E-state index in [-0.39, 0.29) is 30.1 Å². The van der Waals surface area contributed by atoms with E-state index in [0.29, 0.717) is 6.61 Å². The number of piperidine rings is 1. The highest BCUT2D eigenvalue weighted by Crippen LogP contribution is 2.14. The van der Waals surface area contributed by atoms with E-state index >= 15 is 0 Å². The molecule has 1 aliphatic rings. The quantitative estimate of drug-likeness (QED) is 0.198. The Morgan fingerprint density at radius 1 is 1.03 bits per heavy atom. The molecule has 6 nitrogen and oxygen atoms in total. The number of halogens is 1. The van der Waals surface area contributed by atoms with Gasteiger partial charge in [-0.25, -0.2) is 0 Å². The molecule has 0 aliphatic carbocycles. The Labute approximate surface area is 203 Å². The average molecular weight is 538 g/mol. The first-order chi connectivity index (χ1) is 14.7. The topological polar surface area (TPSA) is 69.1 Å². The van der Waals surface area contributed by atoms with E-state index in [4.69, 9.17) is 4.74 Å². The fourth-order valence-electron chi connectivity index (χ4n) is 3.49. The molecule has 0 unspecified atom stereocenters. The van der Waals surface area contributed by atoms with Crippen molar-refractivity contribution in [1.29, 1.82) is 0 Å². The van der Waals surface area contributed by atoms with Gasteiger partial charge in [-0.05, 0) is 42.5 Å². The van der Waals surface area contributed by atoms with Crippen LogP contribution in [0, 0.1) is 0 Å². The van der Waals surface area contributed by atoms with Gasteiger partial charge in [0.25, 0.3) is 0 Å². The lowest BCUT2D eigenvalue weighted by atomic mass is 10.1. The van der Waals surface area contributed by atoms with Crippen molar-refractivity contribution in [3.8, 4) is 5.75 Å². The maximum Gasteiger partial charge on any atom is 0.191 e. The van der Waals surface area contributed by atoms with Crippen LogP contribution < -0.4 is 15.4 Å². The number of hydrogen-bond donors (Lipinski definition) is 3. The third-order valence-corrected chi connectivity index (χ3v) is 5.30. The molecule has 1 heterocycles. The maximum absolute atomic E-state index is 9.63. The summed E-state index contributed by atoms with van der Waals surface area (Å²) < 4.78 is 5.71. The van der Waals surface area contributed by atoms with Crippen molar-refractivity contribution in [2.24, 2.45) is 4.99 Å². The molecule has 0 radical (unpaired) electrons. The Hall–Kier alpha value is -1.84. The van der Waals surface area contributed by atoms with Gasteiger partial charge in [-0.2, -0.15) is 0 Å². The van der Waals surface area contributed by atoms with Crippen LogP contribution >= 0.6 is 24.0 Å². The number of aliphatic hydroxyl groups excluding tert-OH is 1. The van der Waals surface area contributed by atoms with Gasteiger partial charge < -0.3 is 20.5 Å². The van der Waals surface area contributed by atoms with Gasteiger partial charge in [0.1, 0.15) is 5.75 Å². The maximum atomic E-state index is 9.63. The van der Waals surface area contributed by atoms with Gasteiger partial charge in [0, 0.05) is 39.8 Å². The number of hydrogen-bond acceptors (Lipinski definition) is 4. The molecule has 3 rings (SSSR count). The summed E-state index contributed by atoms with van der Waals surface area (Å²) in [5, 5.41) is 16.3. The third-order valence-electron chi connectivity index (χ3n) is 5.30. The van der Waals surface area contributed by atoms with Crippen LogP contribution in [0.2, 0.25) is 0 Å². The Balaban J connectivity index is 0.00000341. The number of para-hydroxylation sites is 1. The van der Waals surface area contributed by atoms with Gasteiger partial charge in [0.05, 0.1) is 12.7 Å². The molecular formula is C24H35IN4O2. The summed E-state index contributed by atoms with van der Waals surface area (Å²) >= 11 is 0. The second-order valence-corrected chi connectivity index (χ2v) is 7.69. The molecule has 1 fully saturated rings. The number of ether oxygens (including phenoxy) is 1. The Morgan fingerprint density at radius 2 is 1.71 bits per heavy atom. The van der Waals surface area contributed by atoms with Gasteiger partial charge in [-0.15, -0.1) is 24.0 Å². The van der Waals surface area contributed by atoms with E-state index in [2.05, 4.69) is 44.8 Å². The number of likely N-dealkylation sites (tertiary alicyclic amines) is 1. The summed E-state index contributed by atoms with van der Waals surface area (Å²) in [6.07, 6.45) is 2.55. The monoisotopic (exact) mass is 538 g/mol. The smallest absolute Gasteiger partial charge is 0.191 e. The average Bonchev–Trinajstić information content (AvgIpc) is 2.79. The van der Waals surface area contributed by atoms with Crippen LogP contribution in [0.15, 0.2) is 59.6 Å².